The molecule has 2 fully saturated rings. The summed E-state index contributed by atoms with van der Waals surface area (Å²) in [6.07, 6.45) is 3.26. The number of amides is 1. The van der Waals surface area contributed by atoms with Crippen molar-refractivity contribution in [2.24, 2.45) is 11.7 Å². The van der Waals surface area contributed by atoms with Crippen molar-refractivity contribution < 1.29 is 9.32 Å². The van der Waals surface area contributed by atoms with Crippen molar-refractivity contribution >= 4 is 5.91 Å². The van der Waals surface area contributed by atoms with Crippen LogP contribution in [0.2, 0.25) is 0 Å². The Morgan fingerprint density at radius 2 is 2.08 bits per heavy atom. The fourth-order valence-corrected chi connectivity index (χ4v) is 3.38. The summed E-state index contributed by atoms with van der Waals surface area (Å²) < 4.78 is 5.33. The van der Waals surface area contributed by atoms with Gasteiger partial charge in [0, 0.05) is 29.6 Å². The number of hydrogen-bond acceptors (Lipinski definition) is 5. The molecule has 1 aromatic heterocycles. The topological polar surface area (TPSA) is 85.2 Å². The van der Waals surface area contributed by atoms with Gasteiger partial charge in [-0.2, -0.15) is 4.98 Å². The molecule has 24 heavy (non-hydrogen) atoms. The van der Waals surface area contributed by atoms with E-state index >= 15 is 0 Å². The number of rotatable bonds is 4. The van der Waals surface area contributed by atoms with Crippen LogP contribution in [0.4, 0.5) is 0 Å². The van der Waals surface area contributed by atoms with Crippen LogP contribution in [0.3, 0.4) is 0 Å². The average molecular weight is 326 g/mol. The Labute approximate surface area is 141 Å². The van der Waals surface area contributed by atoms with Crippen molar-refractivity contribution in [2.45, 2.75) is 38.1 Å². The van der Waals surface area contributed by atoms with Gasteiger partial charge in [0.05, 0.1) is 0 Å². The second kappa shape index (κ2) is 6.02. The third-order valence-corrected chi connectivity index (χ3v) is 5.02. The third-order valence-electron chi connectivity index (χ3n) is 5.02. The molecule has 2 heterocycles. The lowest BCUT2D eigenvalue weighted by atomic mass is 10.1. The maximum absolute atomic E-state index is 12.7. The summed E-state index contributed by atoms with van der Waals surface area (Å²) in [5, 5.41) is 4.03. The summed E-state index contributed by atoms with van der Waals surface area (Å²) in [5.41, 5.74) is 7.28. The van der Waals surface area contributed by atoms with Gasteiger partial charge in [-0.05, 0) is 62.9 Å². The molecule has 1 saturated heterocycles. The highest BCUT2D eigenvalue weighted by Crippen LogP contribution is 2.38. The van der Waals surface area contributed by atoms with Crippen LogP contribution in [0, 0.1) is 5.92 Å². The van der Waals surface area contributed by atoms with Crippen LogP contribution in [-0.2, 0) is 0 Å². The fraction of sp³-hybridized carbons (Fsp3) is 0.500. The molecule has 0 spiro atoms. The molecule has 1 aromatic carbocycles. The molecule has 2 aliphatic rings. The minimum Gasteiger partial charge on any atom is -0.336 e. The third kappa shape index (κ3) is 2.82. The fourth-order valence-electron chi connectivity index (χ4n) is 3.38. The number of hydrogen-bond donors (Lipinski definition) is 1. The summed E-state index contributed by atoms with van der Waals surface area (Å²) in [6, 6.07) is 7.65. The molecule has 2 atom stereocenters. The van der Waals surface area contributed by atoms with Crippen molar-refractivity contribution in [2.75, 3.05) is 13.1 Å². The quantitative estimate of drug-likeness (QED) is 0.932. The van der Waals surface area contributed by atoms with E-state index in [1.165, 1.54) is 0 Å². The maximum Gasteiger partial charge on any atom is 0.257 e. The van der Waals surface area contributed by atoms with Gasteiger partial charge >= 0.3 is 0 Å². The molecule has 6 heteroatoms. The first kappa shape index (κ1) is 15.3. The normalized spacial score (nSPS) is 23.7. The first-order valence-corrected chi connectivity index (χ1v) is 8.60. The molecule has 2 unspecified atom stereocenters. The molecular weight excluding hydrogens is 304 g/mol. The van der Waals surface area contributed by atoms with E-state index in [4.69, 9.17) is 10.3 Å². The van der Waals surface area contributed by atoms with Crippen LogP contribution >= 0.6 is 0 Å². The highest BCUT2D eigenvalue weighted by Gasteiger charge is 2.32. The van der Waals surface area contributed by atoms with Gasteiger partial charge in [-0.1, -0.05) is 5.16 Å². The lowest BCUT2D eigenvalue weighted by Gasteiger charge is -2.21. The lowest BCUT2D eigenvalue weighted by molar-refractivity contribution is 0.0743. The molecule has 2 aromatic rings. The number of likely N-dealkylation sites (tertiary alicyclic amines) is 1. The number of nitrogens with two attached hydrogens (primary N) is 1. The predicted octanol–water partition coefficient (Wildman–Crippen LogP) is 2.42. The van der Waals surface area contributed by atoms with Crippen molar-refractivity contribution in [3.63, 3.8) is 0 Å². The summed E-state index contributed by atoms with van der Waals surface area (Å²) in [7, 11) is 0. The highest BCUT2D eigenvalue weighted by atomic mass is 16.5. The monoisotopic (exact) mass is 326 g/mol. The Bertz CT molecular complexity index is 736. The SMILES string of the molecule is CC1CC(CN)CN1C(=O)c1ccc(-c2nc(C3CC3)no2)cc1. The van der Waals surface area contributed by atoms with E-state index in [0.717, 1.165) is 37.2 Å². The first-order valence-electron chi connectivity index (χ1n) is 8.60. The van der Waals surface area contributed by atoms with Gasteiger partial charge in [-0.25, -0.2) is 0 Å². The minimum absolute atomic E-state index is 0.0641. The van der Waals surface area contributed by atoms with E-state index in [2.05, 4.69) is 17.1 Å². The molecule has 126 valence electrons. The number of aromatic nitrogens is 2. The number of benzene rings is 1. The molecular formula is C18H22N4O2. The molecule has 1 aliphatic carbocycles. The van der Waals surface area contributed by atoms with Crippen LogP contribution < -0.4 is 5.73 Å². The van der Waals surface area contributed by atoms with E-state index in [9.17, 15) is 4.79 Å². The maximum atomic E-state index is 12.7. The Hall–Kier alpha value is -2.21. The van der Waals surface area contributed by atoms with Gasteiger partial charge in [0.1, 0.15) is 0 Å². The Kier molecular flexibility index (Phi) is 3.84. The van der Waals surface area contributed by atoms with Crippen LogP contribution in [0.5, 0.6) is 0 Å². The lowest BCUT2D eigenvalue weighted by Crippen LogP contribution is -2.34. The van der Waals surface area contributed by atoms with E-state index in [1.54, 1.807) is 0 Å². The predicted molar refractivity (Wildman–Crippen MR) is 89.4 cm³/mol. The molecule has 1 amide bonds. The Morgan fingerprint density at radius 1 is 1.33 bits per heavy atom. The van der Waals surface area contributed by atoms with E-state index in [1.807, 2.05) is 29.2 Å². The van der Waals surface area contributed by atoms with Crippen LogP contribution in [-0.4, -0.2) is 40.1 Å². The van der Waals surface area contributed by atoms with Gasteiger partial charge in [-0.3, -0.25) is 4.79 Å². The Balaban J connectivity index is 1.49. The molecule has 1 aliphatic heterocycles. The van der Waals surface area contributed by atoms with Gasteiger partial charge in [0.2, 0.25) is 0 Å². The highest BCUT2D eigenvalue weighted by molar-refractivity contribution is 5.95. The van der Waals surface area contributed by atoms with Gasteiger partial charge < -0.3 is 15.2 Å². The van der Waals surface area contributed by atoms with Crippen LogP contribution in [0.15, 0.2) is 28.8 Å². The smallest absolute Gasteiger partial charge is 0.257 e. The van der Waals surface area contributed by atoms with Gasteiger partial charge in [-0.15, -0.1) is 0 Å². The molecule has 4 rings (SSSR count). The largest absolute Gasteiger partial charge is 0.336 e. The summed E-state index contributed by atoms with van der Waals surface area (Å²) in [4.78, 5) is 19.1. The standard InChI is InChI=1S/C18H22N4O2/c1-11-8-12(9-19)10-22(11)18(23)15-6-4-14(5-7-15)17-20-16(21-24-17)13-2-3-13/h4-7,11-13H,2-3,8-10,19H2,1H3. The van der Waals surface area contributed by atoms with E-state index in [0.29, 0.717) is 29.8 Å². The second-order valence-corrected chi connectivity index (χ2v) is 6.95. The Morgan fingerprint density at radius 3 is 2.71 bits per heavy atom. The van der Waals surface area contributed by atoms with Crippen molar-refractivity contribution in [1.29, 1.82) is 0 Å². The zero-order chi connectivity index (χ0) is 16.7. The van der Waals surface area contributed by atoms with Crippen LogP contribution in [0.25, 0.3) is 11.5 Å². The number of carbonyl (C=O) groups excluding carboxylic acids is 1. The number of carbonyl (C=O) groups is 1. The second-order valence-electron chi connectivity index (χ2n) is 6.95. The van der Waals surface area contributed by atoms with Crippen molar-refractivity contribution in [1.82, 2.24) is 15.0 Å². The number of nitrogens with zero attached hydrogens (tertiary/aromatic N) is 3. The van der Waals surface area contributed by atoms with E-state index in [-0.39, 0.29) is 11.9 Å². The summed E-state index contributed by atoms with van der Waals surface area (Å²) in [5.74, 6) is 2.25. The molecule has 6 nitrogen and oxygen atoms in total. The summed E-state index contributed by atoms with van der Waals surface area (Å²) >= 11 is 0. The zero-order valence-electron chi connectivity index (χ0n) is 13.8. The van der Waals surface area contributed by atoms with Gasteiger partial charge in [0.25, 0.3) is 11.8 Å². The zero-order valence-corrected chi connectivity index (χ0v) is 13.8. The van der Waals surface area contributed by atoms with Crippen molar-refractivity contribution in [3.8, 4) is 11.5 Å². The van der Waals surface area contributed by atoms with Crippen LogP contribution in [0.1, 0.15) is 48.3 Å². The minimum atomic E-state index is 0.0641. The average Bonchev–Trinajstić information content (AvgIpc) is 3.21. The first-order chi connectivity index (χ1) is 11.7. The van der Waals surface area contributed by atoms with Gasteiger partial charge in [0.15, 0.2) is 5.82 Å². The summed E-state index contributed by atoms with van der Waals surface area (Å²) in [6.45, 7) is 3.46. The molecule has 1 saturated carbocycles. The van der Waals surface area contributed by atoms with Crippen molar-refractivity contribution in [3.05, 3.63) is 35.7 Å². The molecule has 0 radical (unpaired) electrons. The molecule has 2 N–H and O–H groups in total. The van der Waals surface area contributed by atoms with E-state index < -0.39 is 0 Å². The molecule has 0 bridgehead atoms.